The van der Waals surface area contributed by atoms with Gasteiger partial charge in [0.05, 0.1) is 0 Å². The van der Waals surface area contributed by atoms with Gasteiger partial charge >= 0.3 is 0 Å². The van der Waals surface area contributed by atoms with E-state index < -0.39 is 0 Å². The molecule has 0 spiro atoms. The Morgan fingerprint density at radius 3 is 2.00 bits per heavy atom. The van der Waals surface area contributed by atoms with E-state index in [0.717, 1.165) is 22.3 Å². The van der Waals surface area contributed by atoms with E-state index in [1.54, 1.807) is 12.1 Å². The molecule has 2 rings (SSSR count). The van der Waals surface area contributed by atoms with E-state index >= 15 is 0 Å². The molecule has 0 unspecified atom stereocenters. The molecule has 0 bridgehead atoms. The lowest BCUT2D eigenvalue weighted by Crippen LogP contribution is -2.05. The van der Waals surface area contributed by atoms with Crippen molar-refractivity contribution in [3.8, 4) is 11.1 Å². The maximum Gasteiger partial charge on any atom is 0.130 e. The van der Waals surface area contributed by atoms with Crippen LogP contribution in [0.4, 0.5) is 8.78 Å². The Morgan fingerprint density at radius 1 is 0.952 bits per heavy atom. The third kappa shape index (κ3) is 2.99. The van der Waals surface area contributed by atoms with Crippen LogP contribution in [0.5, 0.6) is 0 Å². The third-order valence-corrected chi connectivity index (χ3v) is 3.83. The summed E-state index contributed by atoms with van der Waals surface area (Å²) >= 11 is 0. The van der Waals surface area contributed by atoms with Crippen LogP contribution in [0.2, 0.25) is 0 Å². The van der Waals surface area contributed by atoms with Gasteiger partial charge in [-0.2, -0.15) is 0 Å². The molecular formula is C19H21F2. The largest absolute Gasteiger partial charge is 0.207 e. The van der Waals surface area contributed by atoms with Gasteiger partial charge in [0, 0.05) is 0 Å². The van der Waals surface area contributed by atoms with Crippen molar-refractivity contribution in [2.24, 2.45) is 0 Å². The van der Waals surface area contributed by atoms with Gasteiger partial charge < -0.3 is 0 Å². The molecule has 2 aromatic carbocycles. The topological polar surface area (TPSA) is 0 Å². The van der Waals surface area contributed by atoms with Crippen molar-refractivity contribution in [1.82, 2.24) is 0 Å². The van der Waals surface area contributed by atoms with Gasteiger partial charge in [-0.1, -0.05) is 39.8 Å². The van der Waals surface area contributed by atoms with Gasteiger partial charge in [0.1, 0.15) is 11.6 Å². The maximum absolute atomic E-state index is 14.8. The molecule has 2 heteroatoms. The summed E-state index contributed by atoms with van der Waals surface area (Å²) in [7, 11) is 0. The molecule has 0 aliphatic rings. The van der Waals surface area contributed by atoms with Crippen molar-refractivity contribution in [2.75, 3.05) is 0 Å². The van der Waals surface area contributed by atoms with Crippen LogP contribution in [0.25, 0.3) is 11.1 Å². The van der Waals surface area contributed by atoms with E-state index in [2.05, 4.69) is 6.07 Å². The summed E-state index contributed by atoms with van der Waals surface area (Å²) in [5.74, 6) is -0.201. The van der Waals surface area contributed by atoms with Crippen LogP contribution < -0.4 is 0 Å². The Hall–Kier alpha value is -1.70. The molecule has 0 saturated carbocycles. The SMILES string of the molecule is CCc1c(-c2ccc(F)cc2)[c]c(C(C)C)c(CC)c1F. The second kappa shape index (κ2) is 6.38. The number of benzene rings is 2. The van der Waals surface area contributed by atoms with Crippen LogP contribution in [0.1, 0.15) is 50.3 Å². The van der Waals surface area contributed by atoms with Gasteiger partial charge in [-0.3, -0.25) is 0 Å². The van der Waals surface area contributed by atoms with Gasteiger partial charge in [0.25, 0.3) is 0 Å². The number of hydrogen-bond donors (Lipinski definition) is 0. The van der Waals surface area contributed by atoms with Gasteiger partial charge in [-0.15, -0.1) is 0 Å². The molecule has 0 nitrogen and oxygen atoms in total. The minimum atomic E-state index is -0.286. The molecule has 0 atom stereocenters. The summed E-state index contributed by atoms with van der Waals surface area (Å²) in [6.07, 6.45) is 1.26. The zero-order valence-electron chi connectivity index (χ0n) is 13.1. The van der Waals surface area contributed by atoms with E-state index in [4.69, 9.17) is 0 Å². The first-order valence-corrected chi connectivity index (χ1v) is 7.51. The molecule has 0 aliphatic heterocycles. The van der Waals surface area contributed by atoms with E-state index in [9.17, 15) is 8.78 Å². The fourth-order valence-electron chi connectivity index (χ4n) is 2.73. The first kappa shape index (κ1) is 15.7. The average molecular weight is 287 g/mol. The molecule has 0 fully saturated rings. The predicted molar refractivity (Wildman–Crippen MR) is 83.5 cm³/mol. The molecule has 111 valence electrons. The highest BCUT2D eigenvalue weighted by Crippen LogP contribution is 2.33. The molecule has 0 aromatic heterocycles. The van der Waals surface area contributed by atoms with Crippen LogP contribution in [-0.4, -0.2) is 0 Å². The van der Waals surface area contributed by atoms with Gasteiger partial charge in [0.2, 0.25) is 0 Å². The Bertz CT molecular complexity index is 625. The quantitative estimate of drug-likeness (QED) is 0.678. The molecular weight excluding hydrogens is 266 g/mol. The van der Waals surface area contributed by atoms with Crippen molar-refractivity contribution in [1.29, 1.82) is 0 Å². The van der Waals surface area contributed by atoms with Crippen LogP contribution >= 0.6 is 0 Å². The van der Waals surface area contributed by atoms with Crippen molar-refractivity contribution in [2.45, 2.75) is 46.5 Å². The number of hydrogen-bond acceptors (Lipinski definition) is 0. The zero-order chi connectivity index (χ0) is 15.6. The molecule has 1 radical (unpaired) electrons. The van der Waals surface area contributed by atoms with Crippen LogP contribution in [0.15, 0.2) is 24.3 Å². The summed E-state index contributed by atoms with van der Waals surface area (Å²) in [6.45, 7) is 8.00. The van der Waals surface area contributed by atoms with Crippen LogP contribution in [-0.2, 0) is 12.8 Å². The van der Waals surface area contributed by atoms with E-state index in [-0.39, 0.29) is 17.6 Å². The summed E-state index contributed by atoms with van der Waals surface area (Å²) < 4.78 is 27.9. The molecule has 0 N–H and O–H groups in total. The third-order valence-electron chi connectivity index (χ3n) is 3.83. The van der Waals surface area contributed by atoms with Crippen molar-refractivity contribution >= 4 is 0 Å². The van der Waals surface area contributed by atoms with E-state index in [1.165, 1.54) is 12.1 Å². The first-order chi connectivity index (χ1) is 9.99. The summed E-state index contributed by atoms with van der Waals surface area (Å²) in [5, 5.41) is 0. The lowest BCUT2D eigenvalue weighted by molar-refractivity contribution is 0.591. The second-order valence-electron chi connectivity index (χ2n) is 5.55. The minimum Gasteiger partial charge on any atom is -0.207 e. The van der Waals surface area contributed by atoms with Crippen molar-refractivity contribution in [3.63, 3.8) is 0 Å². The predicted octanol–water partition coefficient (Wildman–Crippen LogP) is 5.68. The molecule has 21 heavy (non-hydrogen) atoms. The van der Waals surface area contributed by atoms with Crippen molar-refractivity contribution < 1.29 is 8.78 Å². The van der Waals surface area contributed by atoms with Crippen LogP contribution in [0.3, 0.4) is 0 Å². The summed E-state index contributed by atoms with van der Waals surface area (Å²) in [6, 6.07) is 9.59. The Kier molecular flexibility index (Phi) is 4.76. The number of rotatable bonds is 4. The first-order valence-electron chi connectivity index (χ1n) is 7.51. The minimum absolute atomic E-state index is 0.123. The zero-order valence-corrected chi connectivity index (χ0v) is 13.1. The highest BCUT2D eigenvalue weighted by molar-refractivity contribution is 5.69. The maximum atomic E-state index is 14.8. The monoisotopic (exact) mass is 287 g/mol. The van der Waals surface area contributed by atoms with Crippen LogP contribution in [0, 0.1) is 17.7 Å². The Balaban J connectivity index is 2.72. The summed E-state index contributed by atoms with van der Waals surface area (Å²) in [5.41, 5.74) is 3.93. The van der Waals surface area contributed by atoms with E-state index in [0.29, 0.717) is 18.4 Å². The smallest absolute Gasteiger partial charge is 0.130 e. The number of halogens is 2. The summed E-state index contributed by atoms with van der Waals surface area (Å²) in [4.78, 5) is 0. The van der Waals surface area contributed by atoms with Gasteiger partial charge in [-0.05, 0) is 64.8 Å². The molecule has 0 amide bonds. The fourth-order valence-corrected chi connectivity index (χ4v) is 2.73. The lowest BCUT2D eigenvalue weighted by Gasteiger charge is -2.19. The van der Waals surface area contributed by atoms with Crippen molar-refractivity contribution in [3.05, 3.63) is 58.7 Å². The Labute approximate surface area is 125 Å². The van der Waals surface area contributed by atoms with E-state index in [1.807, 2.05) is 27.7 Å². The molecule has 0 aliphatic carbocycles. The Morgan fingerprint density at radius 2 is 1.52 bits per heavy atom. The highest BCUT2D eigenvalue weighted by Gasteiger charge is 2.19. The highest BCUT2D eigenvalue weighted by atomic mass is 19.1. The standard InChI is InChI=1S/C19H21F2/c1-5-15-17(12(3)4)11-18(16(6-2)19(15)21)13-7-9-14(20)10-8-13/h7-10,12H,5-6H2,1-4H3. The average Bonchev–Trinajstić information content (AvgIpc) is 2.47. The normalized spacial score (nSPS) is 11.2. The van der Waals surface area contributed by atoms with Gasteiger partial charge in [-0.25, -0.2) is 8.78 Å². The lowest BCUT2D eigenvalue weighted by atomic mass is 9.87. The molecule has 2 aromatic rings. The second-order valence-corrected chi connectivity index (χ2v) is 5.55. The molecule has 0 saturated heterocycles. The molecule has 0 heterocycles. The van der Waals surface area contributed by atoms with Gasteiger partial charge in [0.15, 0.2) is 0 Å². The fraction of sp³-hybridized carbons (Fsp3) is 0.368.